The summed E-state index contributed by atoms with van der Waals surface area (Å²) in [5.74, 6) is 0.838. The minimum atomic E-state index is 0.782. The molecule has 0 bridgehead atoms. The molecule has 0 N–H and O–H groups in total. The van der Waals surface area contributed by atoms with E-state index in [-0.39, 0.29) is 0 Å². The van der Waals surface area contributed by atoms with Crippen molar-refractivity contribution in [1.29, 1.82) is 0 Å². The van der Waals surface area contributed by atoms with E-state index in [4.69, 9.17) is 0 Å². The second kappa shape index (κ2) is 3.91. The van der Waals surface area contributed by atoms with Crippen molar-refractivity contribution in [2.24, 2.45) is 5.92 Å². The van der Waals surface area contributed by atoms with Gasteiger partial charge in [-0.1, -0.05) is 32.4 Å². The molecule has 0 spiro atoms. The summed E-state index contributed by atoms with van der Waals surface area (Å²) in [6, 6.07) is 0.782. The van der Waals surface area contributed by atoms with Crippen molar-refractivity contribution < 1.29 is 0 Å². The first-order valence-corrected chi connectivity index (χ1v) is 4.61. The van der Waals surface area contributed by atoms with Crippen LogP contribution in [0.15, 0.2) is 12.2 Å². The fraction of sp³-hybridized carbons (Fsp3) is 0.800. The fourth-order valence-corrected chi connectivity index (χ4v) is 1.73. The Morgan fingerprint density at radius 2 is 2.27 bits per heavy atom. The van der Waals surface area contributed by atoms with Crippen LogP contribution in [0.3, 0.4) is 0 Å². The predicted octanol–water partition coefficient (Wildman–Crippen LogP) is 2.29. The Kier molecular flexibility index (Phi) is 3.13. The Labute approximate surface area is 70.1 Å². The molecule has 0 aliphatic carbocycles. The maximum absolute atomic E-state index is 2.45. The van der Waals surface area contributed by atoms with Crippen LogP contribution >= 0.6 is 0 Å². The van der Waals surface area contributed by atoms with E-state index in [1.54, 1.807) is 0 Å². The van der Waals surface area contributed by atoms with Crippen LogP contribution in [0.4, 0.5) is 0 Å². The molecule has 1 heterocycles. The van der Waals surface area contributed by atoms with Gasteiger partial charge >= 0.3 is 0 Å². The largest absolute Gasteiger partial charge is 0.299 e. The minimum Gasteiger partial charge on any atom is -0.299 e. The van der Waals surface area contributed by atoms with Gasteiger partial charge in [0.2, 0.25) is 0 Å². The van der Waals surface area contributed by atoms with Gasteiger partial charge in [0, 0.05) is 12.6 Å². The first-order chi connectivity index (χ1) is 5.25. The van der Waals surface area contributed by atoms with Gasteiger partial charge in [-0.2, -0.15) is 0 Å². The summed E-state index contributed by atoms with van der Waals surface area (Å²) in [6.07, 6.45) is 7.12. The standard InChI is InChI=1S/C10H19N/c1-4-9(2)10-7-5-6-8-11(10)3/h5-6,9-10H,4,7-8H2,1-3H3. The highest BCUT2D eigenvalue weighted by Gasteiger charge is 2.20. The monoisotopic (exact) mass is 153 g/mol. The molecule has 0 aromatic heterocycles. The van der Waals surface area contributed by atoms with E-state index in [1.165, 1.54) is 12.8 Å². The highest BCUT2D eigenvalue weighted by Crippen LogP contribution is 2.19. The van der Waals surface area contributed by atoms with Crippen molar-refractivity contribution in [3.8, 4) is 0 Å². The van der Waals surface area contributed by atoms with Crippen LogP contribution in [0.5, 0.6) is 0 Å². The number of nitrogens with zero attached hydrogens (tertiary/aromatic N) is 1. The van der Waals surface area contributed by atoms with Crippen LogP contribution < -0.4 is 0 Å². The normalized spacial score (nSPS) is 28.8. The SMILES string of the molecule is CCC(C)C1CC=CCN1C. The molecule has 1 aliphatic rings. The first kappa shape index (κ1) is 8.79. The van der Waals surface area contributed by atoms with Gasteiger partial charge < -0.3 is 0 Å². The van der Waals surface area contributed by atoms with Crippen molar-refractivity contribution in [3.63, 3.8) is 0 Å². The molecule has 0 saturated carbocycles. The van der Waals surface area contributed by atoms with Crippen molar-refractivity contribution in [3.05, 3.63) is 12.2 Å². The second-order valence-corrected chi connectivity index (χ2v) is 3.60. The van der Waals surface area contributed by atoms with Crippen LogP contribution in [0, 0.1) is 5.92 Å². The van der Waals surface area contributed by atoms with Crippen LogP contribution in [0.1, 0.15) is 26.7 Å². The van der Waals surface area contributed by atoms with Crippen molar-refractivity contribution in [2.75, 3.05) is 13.6 Å². The van der Waals surface area contributed by atoms with Crippen LogP contribution in [0.25, 0.3) is 0 Å². The molecule has 1 nitrogen and oxygen atoms in total. The van der Waals surface area contributed by atoms with Crippen molar-refractivity contribution >= 4 is 0 Å². The van der Waals surface area contributed by atoms with Crippen molar-refractivity contribution in [2.45, 2.75) is 32.7 Å². The molecule has 2 atom stereocenters. The summed E-state index contributed by atoms with van der Waals surface area (Å²) in [7, 11) is 2.22. The maximum atomic E-state index is 2.45. The van der Waals surface area contributed by atoms with Crippen molar-refractivity contribution in [1.82, 2.24) is 4.90 Å². The molecule has 0 aromatic carbocycles. The summed E-state index contributed by atoms with van der Waals surface area (Å²) >= 11 is 0. The number of hydrogen-bond donors (Lipinski definition) is 0. The Hall–Kier alpha value is -0.300. The van der Waals surface area contributed by atoms with E-state index in [2.05, 4.69) is 37.9 Å². The Morgan fingerprint density at radius 1 is 1.55 bits per heavy atom. The third-order valence-electron chi connectivity index (χ3n) is 2.80. The van der Waals surface area contributed by atoms with Gasteiger partial charge in [0.25, 0.3) is 0 Å². The van der Waals surface area contributed by atoms with Gasteiger partial charge in [0.1, 0.15) is 0 Å². The second-order valence-electron chi connectivity index (χ2n) is 3.60. The summed E-state index contributed by atoms with van der Waals surface area (Å²) in [4.78, 5) is 2.45. The first-order valence-electron chi connectivity index (χ1n) is 4.61. The molecule has 1 rings (SSSR count). The third kappa shape index (κ3) is 2.06. The van der Waals surface area contributed by atoms with Gasteiger partial charge in [0.05, 0.1) is 0 Å². The summed E-state index contributed by atoms with van der Waals surface area (Å²) in [5.41, 5.74) is 0. The van der Waals surface area contributed by atoms with Crippen LogP contribution in [0.2, 0.25) is 0 Å². The number of likely N-dealkylation sites (N-methyl/N-ethyl adjacent to an activating group) is 1. The number of hydrogen-bond acceptors (Lipinski definition) is 1. The zero-order chi connectivity index (χ0) is 8.27. The average Bonchev–Trinajstić information content (AvgIpc) is 2.04. The number of rotatable bonds is 2. The Balaban J connectivity index is 2.49. The minimum absolute atomic E-state index is 0.782. The van der Waals surface area contributed by atoms with Crippen LogP contribution in [-0.4, -0.2) is 24.5 Å². The van der Waals surface area contributed by atoms with E-state index in [0.29, 0.717) is 0 Å². The summed E-state index contributed by atoms with van der Waals surface area (Å²) in [6.45, 7) is 5.76. The zero-order valence-electron chi connectivity index (χ0n) is 7.88. The predicted molar refractivity (Wildman–Crippen MR) is 49.6 cm³/mol. The van der Waals surface area contributed by atoms with E-state index in [9.17, 15) is 0 Å². The molecule has 0 fully saturated rings. The molecule has 64 valence electrons. The smallest absolute Gasteiger partial charge is 0.0163 e. The molecule has 1 heteroatoms. The quantitative estimate of drug-likeness (QED) is 0.550. The van der Waals surface area contributed by atoms with Gasteiger partial charge in [-0.25, -0.2) is 0 Å². The van der Waals surface area contributed by atoms with E-state index >= 15 is 0 Å². The molecule has 0 aromatic rings. The van der Waals surface area contributed by atoms with Gasteiger partial charge in [0.15, 0.2) is 0 Å². The lowest BCUT2D eigenvalue weighted by molar-refractivity contribution is 0.189. The molecular weight excluding hydrogens is 134 g/mol. The van der Waals surface area contributed by atoms with E-state index < -0.39 is 0 Å². The third-order valence-corrected chi connectivity index (χ3v) is 2.80. The van der Waals surface area contributed by atoms with Gasteiger partial charge in [-0.05, 0) is 19.4 Å². The molecule has 1 aliphatic heterocycles. The maximum Gasteiger partial charge on any atom is 0.0163 e. The Morgan fingerprint density at radius 3 is 2.82 bits per heavy atom. The average molecular weight is 153 g/mol. The highest BCUT2D eigenvalue weighted by atomic mass is 15.1. The lowest BCUT2D eigenvalue weighted by Gasteiger charge is -2.33. The van der Waals surface area contributed by atoms with E-state index in [1.807, 2.05) is 0 Å². The van der Waals surface area contributed by atoms with Gasteiger partial charge in [-0.15, -0.1) is 0 Å². The van der Waals surface area contributed by atoms with E-state index in [0.717, 1.165) is 18.5 Å². The lowest BCUT2D eigenvalue weighted by Crippen LogP contribution is -2.38. The molecule has 2 unspecified atom stereocenters. The zero-order valence-corrected chi connectivity index (χ0v) is 7.88. The Bertz CT molecular complexity index is 140. The summed E-state index contributed by atoms with van der Waals surface area (Å²) in [5, 5.41) is 0. The highest BCUT2D eigenvalue weighted by molar-refractivity contribution is 4.96. The molecule has 0 radical (unpaired) electrons. The molecular formula is C10H19N. The molecule has 11 heavy (non-hydrogen) atoms. The van der Waals surface area contributed by atoms with Crippen LogP contribution in [-0.2, 0) is 0 Å². The lowest BCUT2D eigenvalue weighted by atomic mass is 9.93. The fourth-order valence-electron chi connectivity index (χ4n) is 1.73. The summed E-state index contributed by atoms with van der Waals surface area (Å²) < 4.78 is 0. The topological polar surface area (TPSA) is 3.24 Å². The molecule has 0 saturated heterocycles. The van der Waals surface area contributed by atoms with Gasteiger partial charge in [-0.3, -0.25) is 4.90 Å². The molecule has 0 amide bonds.